The lowest BCUT2D eigenvalue weighted by Crippen LogP contribution is -2.26. The molecule has 24 heavy (non-hydrogen) atoms. The number of aryl methyl sites for hydroxylation is 1. The third-order valence-electron chi connectivity index (χ3n) is 3.76. The number of hydrogen-bond acceptors (Lipinski definition) is 3. The quantitative estimate of drug-likeness (QED) is 0.872. The largest absolute Gasteiger partial charge is 0.350 e. The van der Waals surface area contributed by atoms with E-state index in [2.05, 4.69) is 5.32 Å². The Kier molecular flexibility index (Phi) is 5.72. The molecular weight excluding hydrogens is 329 g/mol. The highest BCUT2D eigenvalue weighted by atomic mass is 32.2. The van der Waals surface area contributed by atoms with Gasteiger partial charge in [-0.05, 0) is 42.7 Å². The molecular formula is C18H20FNO3S. The van der Waals surface area contributed by atoms with Crippen LogP contribution in [0.25, 0.3) is 0 Å². The zero-order valence-electron chi connectivity index (χ0n) is 13.6. The Balaban J connectivity index is 1.93. The van der Waals surface area contributed by atoms with Gasteiger partial charge in [0.25, 0.3) is 0 Å². The summed E-state index contributed by atoms with van der Waals surface area (Å²) in [6.07, 6.45) is 1.67. The van der Waals surface area contributed by atoms with E-state index in [0.717, 1.165) is 11.8 Å². The lowest BCUT2D eigenvalue weighted by molar-refractivity contribution is -0.121. The van der Waals surface area contributed by atoms with Crippen LogP contribution in [0.1, 0.15) is 30.5 Å². The molecule has 0 aromatic heterocycles. The fourth-order valence-electron chi connectivity index (χ4n) is 2.35. The van der Waals surface area contributed by atoms with Crippen LogP contribution in [0, 0.1) is 5.82 Å². The van der Waals surface area contributed by atoms with Gasteiger partial charge in [0.1, 0.15) is 5.82 Å². The van der Waals surface area contributed by atoms with Gasteiger partial charge in [0.2, 0.25) is 5.91 Å². The summed E-state index contributed by atoms with van der Waals surface area (Å²) in [7, 11) is -3.23. The third-order valence-corrected chi connectivity index (χ3v) is 4.89. The SMILES string of the molecule is C[C@@H](NC(=O)CCc1ccccc1F)c1ccc(S(C)(=O)=O)cc1. The van der Waals surface area contributed by atoms with Gasteiger partial charge in [-0.2, -0.15) is 0 Å². The van der Waals surface area contributed by atoms with E-state index in [0.29, 0.717) is 12.0 Å². The van der Waals surface area contributed by atoms with Crippen LogP contribution in [0.5, 0.6) is 0 Å². The second-order valence-corrected chi connectivity index (χ2v) is 7.74. The summed E-state index contributed by atoms with van der Waals surface area (Å²) in [4.78, 5) is 12.2. The molecule has 1 N–H and O–H groups in total. The van der Waals surface area contributed by atoms with Crippen molar-refractivity contribution in [3.8, 4) is 0 Å². The minimum absolute atomic E-state index is 0.182. The number of carbonyl (C=O) groups excluding carboxylic acids is 1. The van der Waals surface area contributed by atoms with Crippen molar-refractivity contribution in [3.63, 3.8) is 0 Å². The minimum Gasteiger partial charge on any atom is -0.350 e. The van der Waals surface area contributed by atoms with Gasteiger partial charge in [-0.25, -0.2) is 12.8 Å². The number of nitrogens with one attached hydrogen (secondary N) is 1. The molecule has 128 valence electrons. The second-order valence-electron chi connectivity index (χ2n) is 5.72. The number of rotatable bonds is 6. The van der Waals surface area contributed by atoms with Gasteiger partial charge < -0.3 is 5.32 Å². The molecule has 0 unspecified atom stereocenters. The van der Waals surface area contributed by atoms with Crippen molar-refractivity contribution in [2.75, 3.05) is 6.26 Å². The van der Waals surface area contributed by atoms with Crippen molar-refractivity contribution in [1.82, 2.24) is 5.32 Å². The van der Waals surface area contributed by atoms with E-state index in [-0.39, 0.29) is 29.1 Å². The maximum Gasteiger partial charge on any atom is 0.220 e. The summed E-state index contributed by atoms with van der Waals surface area (Å²) < 4.78 is 36.4. The number of halogens is 1. The second kappa shape index (κ2) is 7.57. The highest BCUT2D eigenvalue weighted by Gasteiger charge is 2.12. The third kappa shape index (κ3) is 4.89. The maximum absolute atomic E-state index is 13.5. The van der Waals surface area contributed by atoms with Crippen LogP contribution in [0.15, 0.2) is 53.4 Å². The maximum atomic E-state index is 13.5. The topological polar surface area (TPSA) is 63.2 Å². The van der Waals surface area contributed by atoms with Crippen molar-refractivity contribution < 1.29 is 17.6 Å². The van der Waals surface area contributed by atoms with E-state index in [1.165, 1.54) is 18.2 Å². The minimum atomic E-state index is -3.23. The Morgan fingerprint density at radius 3 is 2.33 bits per heavy atom. The predicted molar refractivity (Wildman–Crippen MR) is 90.8 cm³/mol. The average Bonchev–Trinajstić information content (AvgIpc) is 2.53. The summed E-state index contributed by atoms with van der Waals surface area (Å²) in [5.41, 5.74) is 1.32. The molecule has 0 aliphatic rings. The van der Waals surface area contributed by atoms with Crippen LogP contribution in [0.4, 0.5) is 4.39 Å². The van der Waals surface area contributed by atoms with E-state index in [1.807, 2.05) is 6.92 Å². The molecule has 0 bridgehead atoms. The van der Waals surface area contributed by atoms with E-state index in [1.54, 1.807) is 30.3 Å². The number of hydrogen-bond donors (Lipinski definition) is 1. The molecule has 0 spiro atoms. The van der Waals surface area contributed by atoms with Crippen LogP contribution in [-0.2, 0) is 21.1 Å². The molecule has 0 heterocycles. The van der Waals surface area contributed by atoms with E-state index in [4.69, 9.17) is 0 Å². The predicted octanol–water partition coefficient (Wildman–Crippen LogP) is 3.04. The van der Waals surface area contributed by atoms with Crippen LogP contribution < -0.4 is 5.32 Å². The summed E-state index contributed by atoms with van der Waals surface area (Å²) in [5, 5.41) is 2.83. The Hall–Kier alpha value is -2.21. The number of amides is 1. The van der Waals surface area contributed by atoms with Gasteiger partial charge in [-0.15, -0.1) is 0 Å². The Bertz CT molecular complexity index is 816. The van der Waals surface area contributed by atoms with Gasteiger partial charge in [0.15, 0.2) is 9.84 Å². The first kappa shape index (κ1) is 18.1. The molecule has 6 heteroatoms. The first-order valence-electron chi connectivity index (χ1n) is 7.60. The molecule has 0 saturated carbocycles. The fourth-order valence-corrected chi connectivity index (χ4v) is 2.98. The Labute approximate surface area is 141 Å². The Morgan fingerprint density at radius 1 is 1.12 bits per heavy atom. The average molecular weight is 349 g/mol. The molecule has 1 atom stereocenters. The summed E-state index contributed by atoms with van der Waals surface area (Å²) in [6.45, 7) is 1.82. The van der Waals surface area contributed by atoms with Gasteiger partial charge in [-0.3, -0.25) is 4.79 Å². The lowest BCUT2D eigenvalue weighted by Gasteiger charge is -2.15. The molecule has 1 amide bonds. The number of benzene rings is 2. The summed E-state index contributed by atoms with van der Waals surface area (Å²) >= 11 is 0. The standard InChI is InChI=1S/C18H20FNO3S/c1-13(14-7-10-16(11-8-14)24(2,22)23)20-18(21)12-9-15-5-3-4-6-17(15)19/h3-8,10-11,13H,9,12H2,1-2H3,(H,20,21)/t13-/m1/s1. The first-order chi connectivity index (χ1) is 11.3. The fraction of sp³-hybridized carbons (Fsp3) is 0.278. The van der Waals surface area contributed by atoms with Gasteiger partial charge in [0.05, 0.1) is 10.9 Å². The lowest BCUT2D eigenvalue weighted by atomic mass is 10.1. The monoisotopic (exact) mass is 349 g/mol. The first-order valence-corrected chi connectivity index (χ1v) is 9.49. The zero-order chi connectivity index (χ0) is 17.7. The van der Waals surface area contributed by atoms with Crippen LogP contribution in [-0.4, -0.2) is 20.6 Å². The highest BCUT2D eigenvalue weighted by molar-refractivity contribution is 7.90. The van der Waals surface area contributed by atoms with E-state index >= 15 is 0 Å². The van der Waals surface area contributed by atoms with Crippen molar-refractivity contribution in [1.29, 1.82) is 0 Å². The smallest absolute Gasteiger partial charge is 0.220 e. The van der Waals surface area contributed by atoms with Crippen molar-refractivity contribution in [2.45, 2.75) is 30.7 Å². The molecule has 0 aliphatic heterocycles. The molecule has 0 radical (unpaired) electrons. The normalized spacial score (nSPS) is 12.6. The van der Waals surface area contributed by atoms with Crippen LogP contribution in [0.2, 0.25) is 0 Å². The van der Waals surface area contributed by atoms with Crippen molar-refractivity contribution in [3.05, 3.63) is 65.5 Å². The molecule has 2 rings (SSSR count). The van der Waals surface area contributed by atoms with Gasteiger partial charge >= 0.3 is 0 Å². The summed E-state index contributed by atoms with van der Waals surface area (Å²) in [6, 6.07) is 12.5. The molecule has 2 aromatic carbocycles. The summed E-state index contributed by atoms with van der Waals surface area (Å²) in [5.74, 6) is -0.493. The number of carbonyl (C=O) groups is 1. The Morgan fingerprint density at radius 2 is 1.75 bits per heavy atom. The van der Waals surface area contributed by atoms with Crippen LogP contribution in [0.3, 0.4) is 0 Å². The van der Waals surface area contributed by atoms with Gasteiger partial charge in [0, 0.05) is 12.7 Å². The highest BCUT2D eigenvalue weighted by Crippen LogP contribution is 2.16. The van der Waals surface area contributed by atoms with Crippen LogP contribution >= 0.6 is 0 Å². The molecule has 0 aliphatic carbocycles. The molecule has 4 nitrogen and oxygen atoms in total. The van der Waals surface area contributed by atoms with Crippen molar-refractivity contribution >= 4 is 15.7 Å². The molecule has 0 fully saturated rings. The van der Waals surface area contributed by atoms with E-state index in [9.17, 15) is 17.6 Å². The number of sulfone groups is 1. The molecule has 2 aromatic rings. The van der Waals surface area contributed by atoms with Gasteiger partial charge in [-0.1, -0.05) is 30.3 Å². The zero-order valence-corrected chi connectivity index (χ0v) is 14.4. The molecule has 0 saturated heterocycles. The van der Waals surface area contributed by atoms with E-state index < -0.39 is 9.84 Å². The van der Waals surface area contributed by atoms with Crippen molar-refractivity contribution in [2.24, 2.45) is 0 Å².